The first-order valence-electron chi connectivity index (χ1n) is 9.29. The second-order valence-corrected chi connectivity index (χ2v) is 7.69. The summed E-state index contributed by atoms with van der Waals surface area (Å²) in [4.78, 5) is 17.6. The first-order chi connectivity index (χ1) is 13.7. The number of Topliss-reactive ketones (excluding diaryl/α,β-unsaturated/α-hetero) is 1. The van der Waals surface area contributed by atoms with Crippen LogP contribution in [0.4, 0.5) is 0 Å². The van der Waals surface area contributed by atoms with Crippen LogP contribution in [0.3, 0.4) is 0 Å². The smallest absolute Gasteiger partial charge is 0.231 e. The Morgan fingerprint density at radius 2 is 1.86 bits per heavy atom. The van der Waals surface area contributed by atoms with Gasteiger partial charge in [-0.15, -0.1) is 0 Å². The third-order valence-corrected chi connectivity index (χ3v) is 5.88. The maximum Gasteiger partial charge on any atom is 0.231 e. The number of ether oxygens (including phenoxy) is 2. The Hall–Kier alpha value is -2.85. The Labute approximate surface area is 168 Å². The minimum Gasteiger partial charge on any atom is -0.454 e. The van der Waals surface area contributed by atoms with Gasteiger partial charge in [0, 0.05) is 23.2 Å². The van der Waals surface area contributed by atoms with Gasteiger partial charge in [0.25, 0.3) is 0 Å². The number of hydrogen-bond donors (Lipinski definition) is 0. The van der Waals surface area contributed by atoms with Gasteiger partial charge in [0.2, 0.25) is 6.79 Å². The van der Waals surface area contributed by atoms with E-state index in [4.69, 9.17) is 21.1 Å². The van der Waals surface area contributed by atoms with Crippen molar-refractivity contribution in [2.24, 2.45) is 0 Å². The number of benzene rings is 2. The fourth-order valence-electron chi connectivity index (χ4n) is 3.76. The highest BCUT2D eigenvalue weighted by Gasteiger charge is 2.50. The summed E-state index contributed by atoms with van der Waals surface area (Å²) in [6.45, 7) is 0.239. The molecule has 5 rings (SSSR count). The fourth-order valence-corrected chi connectivity index (χ4v) is 3.99. The molecule has 4 nitrogen and oxygen atoms in total. The molecule has 0 saturated heterocycles. The van der Waals surface area contributed by atoms with Crippen molar-refractivity contribution in [3.63, 3.8) is 0 Å². The molecule has 1 saturated carbocycles. The lowest BCUT2D eigenvalue weighted by Crippen LogP contribution is -2.22. The average molecular weight is 392 g/mol. The van der Waals surface area contributed by atoms with Crippen LogP contribution in [-0.2, 0) is 16.6 Å². The maximum atomic E-state index is 13.1. The van der Waals surface area contributed by atoms with E-state index in [9.17, 15) is 4.79 Å². The molecule has 140 valence electrons. The van der Waals surface area contributed by atoms with Crippen LogP contribution in [0, 0.1) is 0 Å². The van der Waals surface area contributed by atoms with Crippen molar-refractivity contribution in [2.45, 2.75) is 24.7 Å². The average Bonchev–Trinajstić information content (AvgIpc) is 3.40. The van der Waals surface area contributed by atoms with Crippen LogP contribution in [0.2, 0.25) is 5.02 Å². The third kappa shape index (κ3) is 2.94. The molecule has 0 amide bonds. The number of ketones is 1. The quantitative estimate of drug-likeness (QED) is 0.615. The molecule has 5 heteroatoms. The van der Waals surface area contributed by atoms with Gasteiger partial charge in [-0.1, -0.05) is 41.9 Å². The fraction of sp³-hybridized carbons (Fsp3) is 0.217. The Morgan fingerprint density at radius 3 is 2.61 bits per heavy atom. The molecule has 1 aliphatic carbocycles. The van der Waals surface area contributed by atoms with E-state index in [0.29, 0.717) is 11.4 Å². The van der Waals surface area contributed by atoms with E-state index in [1.54, 1.807) is 6.20 Å². The van der Waals surface area contributed by atoms with Gasteiger partial charge >= 0.3 is 0 Å². The molecule has 0 unspecified atom stereocenters. The lowest BCUT2D eigenvalue weighted by molar-refractivity contribution is -0.120. The molecular weight excluding hydrogens is 374 g/mol. The van der Waals surface area contributed by atoms with Gasteiger partial charge in [0.15, 0.2) is 11.5 Å². The number of pyridine rings is 1. The zero-order valence-electron chi connectivity index (χ0n) is 15.2. The van der Waals surface area contributed by atoms with Crippen molar-refractivity contribution in [1.82, 2.24) is 4.98 Å². The molecule has 0 radical (unpaired) electrons. The first kappa shape index (κ1) is 17.3. The number of aromatic nitrogens is 1. The van der Waals surface area contributed by atoms with E-state index in [1.165, 1.54) is 0 Å². The van der Waals surface area contributed by atoms with E-state index >= 15 is 0 Å². The number of carbonyl (C=O) groups is 1. The van der Waals surface area contributed by atoms with E-state index < -0.39 is 5.41 Å². The highest BCUT2D eigenvalue weighted by Crippen LogP contribution is 2.51. The topological polar surface area (TPSA) is 48.4 Å². The molecular formula is C23H18ClNO3. The molecule has 0 atom stereocenters. The van der Waals surface area contributed by atoms with E-state index in [1.807, 2.05) is 54.6 Å². The van der Waals surface area contributed by atoms with Gasteiger partial charge in [0.05, 0.1) is 11.1 Å². The van der Waals surface area contributed by atoms with Gasteiger partial charge in [-0.3, -0.25) is 9.78 Å². The summed E-state index contributed by atoms with van der Waals surface area (Å²) < 4.78 is 10.8. The predicted octanol–water partition coefficient (Wildman–Crippen LogP) is 4.97. The first-order valence-corrected chi connectivity index (χ1v) is 9.67. The van der Waals surface area contributed by atoms with Crippen LogP contribution in [-0.4, -0.2) is 17.6 Å². The van der Waals surface area contributed by atoms with Gasteiger partial charge in [-0.05, 0) is 48.2 Å². The van der Waals surface area contributed by atoms with Crippen LogP contribution in [0.25, 0.3) is 11.3 Å². The Balaban J connectivity index is 1.35. The van der Waals surface area contributed by atoms with Crippen molar-refractivity contribution < 1.29 is 14.3 Å². The summed E-state index contributed by atoms with van der Waals surface area (Å²) in [5.74, 6) is 1.69. The summed E-state index contributed by atoms with van der Waals surface area (Å²) in [5.41, 5.74) is 3.22. The van der Waals surface area contributed by atoms with Crippen LogP contribution in [0.1, 0.15) is 24.0 Å². The second kappa shape index (κ2) is 6.64. The number of halogens is 1. The van der Waals surface area contributed by atoms with Crippen molar-refractivity contribution in [3.05, 3.63) is 76.9 Å². The van der Waals surface area contributed by atoms with Crippen LogP contribution in [0.5, 0.6) is 11.5 Å². The zero-order chi connectivity index (χ0) is 19.1. The molecule has 2 aliphatic rings. The van der Waals surface area contributed by atoms with Gasteiger partial charge in [-0.2, -0.15) is 0 Å². The molecule has 1 aromatic heterocycles. The molecule has 1 fully saturated rings. The summed E-state index contributed by atoms with van der Waals surface area (Å²) >= 11 is 6.25. The van der Waals surface area contributed by atoms with Crippen LogP contribution < -0.4 is 9.47 Å². The van der Waals surface area contributed by atoms with E-state index in [-0.39, 0.29) is 12.6 Å². The number of carbonyl (C=O) groups excluding carboxylic acids is 1. The number of nitrogens with zero attached hydrogens (tertiary/aromatic N) is 1. The van der Waals surface area contributed by atoms with E-state index in [2.05, 4.69) is 4.98 Å². The normalized spacial score (nSPS) is 16.0. The monoisotopic (exact) mass is 391 g/mol. The van der Waals surface area contributed by atoms with Crippen LogP contribution in [0.15, 0.2) is 60.8 Å². The number of fused-ring (bicyclic) bond motifs is 1. The Kier molecular flexibility index (Phi) is 4.09. The molecule has 0 N–H and O–H groups in total. The summed E-state index contributed by atoms with van der Waals surface area (Å²) in [7, 11) is 0. The lowest BCUT2D eigenvalue weighted by atomic mass is 9.88. The highest BCUT2D eigenvalue weighted by molar-refractivity contribution is 6.33. The lowest BCUT2D eigenvalue weighted by Gasteiger charge is -2.15. The highest BCUT2D eigenvalue weighted by atomic mass is 35.5. The Bertz CT molecular complexity index is 1060. The number of rotatable bonds is 5. The van der Waals surface area contributed by atoms with Crippen molar-refractivity contribution in [3.8, 4) is 22.8 Å². The van der Waals surface area contributed by atoms with Crippen molar-refractivity contribution in [2.75, 3.05) is 6.79 Å². The van der Waals surface area contributed by atoms with Crippen molar-refractivity contribution in [1.29, 1.82) is 0 Å². The van der Waals surface area contributed by atoms with Gasteiger partial charge in [0.1, 0.15) is 5.78 Å². The molecule has 2 heterocycles. The third-order valence-electron chi connectivity index (χ3n) is 5.55. The molecule has 2 aromatic carbocycles. The maximum absolute atomic E-state index is 13.1. The minimum atomic E-state index is -0.400. The summed E-state index contributed by atoms with van der Waals surface area (Å²) in [6.07, 6.45) is 3.88. The second-order valence-electron chi connectivity index (χ2n) is 7.28. The molecule has 0 spiro atoms. The van der Waals surface area contributed by atoms with Gasteiger partial charge in [-0.25, -0.2) is 0 Å². The van der Waals surface area contributed by atoms with Crippen LogP contribution >= 0.6 is 11.6 Å². The largest absolute Gasteiger partial charge is 0.454 e. The molecule has 28 heavy (non-hydrogen) atoms. The van der Waals surface area contributed by atoms with Gasteiger partial charge < -0.3 is 9.47 Å². The molecule has 1 aliphatic heterocycles. The molecule has 0 bridgehead atoms. The predicted molar refractivity (Wildman–Crippen MR) is 107 cm³/mol. The van der Waals surface area contributed by atoms with Crippen molar-refractivity contribution >= 4 is 17.4 Å². The minimum absolute atomic E-state index is 0.221. The van der Waals surface area contributed by atoms with E-state index in [0.717, 1.165) is 46.7 Å². The SMILES string of the molecule is O=C(Cc1ccc(-c2ccccc2Cl)nc1)C1(c2ccc3c(c2)OCO3)CC1. The molecule has 3 aromatic rings. The number of hydrogen-bond acceptors (Lipinski definition) is 4. The standard InChI is InChI=1S/C23H18ClNO3/c24-18-4-2-1-3-17(18)19-7-5-15(13-25-19)11-22(26)23(9-10-23)16-6-8-20-21(12-16)28-14-27-20/h1-8,12-13H,9-11,14H2. The Morgan fingerprint density at radius 1 is 1.04 bits per heavy atom. The zero-order valence-corrected chi connectivity index (χ0v) is 15.9. The summed E-state index contributed by atoms with van der Waals surface area (Å²) in [6, 6.07) is 17.3. The summed E-state index contributed by atoms with van der Waals surface area (Å²) in [5, 5.41) is 0.665.